The summed E-state index contributed by atoms with van der Waals surface area (Å²) >= 11 is 0. The van der Waals surface area contributed by atoms with Gasteiger partial charge >= 0.3 is 0 Å². The number of anilines is 1. The van der Waals surface area contributed by atoms with E-state index < -0.39 is 6.04 Å². The molecule has 6 heteroatoms. The van der Waals surface area contributed by atoms with Crippen molar-refractivity contribution in [2.45, 2.75) is 12.1 Å². The summed E-state index contributed by atoms with van der Waals surface area (Å²) in [7, 11) is 3.53. The number of ether oxygens (including phenoxy) is 3. The third-order valence-electron chi connectivity index (χ3n) is 5.20. The van der Waals surface area contributed by atoms with E-state index in [1.165, 1.54) is 0 Å². The lowest BCUT2D eigenvalue weighted by molar-refractivity contribution is -0.121. The van der Waals surface area contributed by atoms with Crippen molar-refractivity contribution >= 4 is 11.6 Å². The smallest absolute Gasteiger partial charge is 0.246 e. The molecule has 160 valence electrons. The standard InChI is InChI=1S/C25H26N2O4/c1-27(16-21-17-30-22-13-6-7-14-23(22)31-21)24(18-9-4-3-5-10-18)25(28)26-19-11-8-12-20(15-19)29-2/h3-15,21,24H,16-17H2,1-2H3,(H,26,28)/t21-,24+/m0/s1. The van der Waals surface area contributed by atoms with E-state index in [9.17, 15) is 4.79 Å². The molecule has 4 rings (SSSR count). The zero-order valence-corrected chi connectivity index (χ0v) is 17.7. The second kappa shape index (κ2) is 9.53. The number of para-hydroxylation sites is 2. The summed E-state index contributed by atoms with van der Waals surface area (Å²) < 4.78 is 17.2. The monoisotopic (exact) mass is 418 g/mol. The molecule has 1 aliphatic heterocycles. The van der Waals surface area contributed by atoms with Crippen LogP contribution < -0.4 is 19.5 Å². The van der Waals surface area contributed by atoms with Gasteiger partial charge in [0.15, 0.2) is 11.5 Å². The van der Waals surface area contributed by atoms with Gasteiger partial charge in [-0.15, -0.1) is 0 Å². The lowest BCUT2D eigenvalue weighted by Gasteiger charge is -2.33. The van der Waals surface area contributed by atoms with Crippen molar-refractivity contribution in [1.29, 1.82) is 0 Å². The van der Waals surface area contributed by atoms with Crippen LogP contribution in [0.15, 0.2) is 78.9 Å². The second-order valence-corrected chi connectivity index (χ2v) is 7.47. The molecule has 1 N–H and O–H groups in total. The molecule has 2 atom stereocenters. The number of likely N-dealkylation sites (N-methyl/N-ethyl adjacent to an activating group) is 1. The Bertz CT molecular complexity index is 1020. The maximum absolute atomic E-state index is 13.3. The third-order valence-corrected chi connectivity index (χ3v) is 5.20. The van der Waals surface area contributed by atoms with Crippen molar-refractivity contribution in [3.05, 3.63) is 84.4 Å². The average molecular weight is 418 g/mol. The molecule has 0 radical (unpaired) electrons. The summed E-state index contributed by atoms with van der Waals surface area (Å²) in [6.45, 7) is 0.958. The first kappa shape index (κ1) is 20.8. The van der Waals surface area contributed by atoms with Crippen molar-refractivity contribution < 1.29 is 19.0 Å². The number of methoxy groups -OCH3 is 1. The van der Waals surface area contributed by atoms with Gasteiger partial charge in [-0.05, 0) is 36.9 Å². The molecule has 0 saturated heterocycles. The molecule has 0 aliphatic carbocycles. The Balaban J connectivity index is 1.51. The van der Waals surface area contributed by atoms with Crippen LogP contribution in [-0.4, -0.2) is 44.2 Å². The summed E-state index contributed by atoms with van der Waals surface area (Å²) in [6.07, 6.45) is -0.185. The van der Waals surface area contributed by atoms with Crippen LogP contribution in [0.3, 0.4) is 0 Å². The van der Waals surface area contributed by atoms with Crippen molar-refractivity contribution in [3.8, 4) is 17.2 Å². The summed E-state index contributed by atoms with van der Waals surface area (Å²) in [4.78, 5) is 15.3. The Morgan fingerprint density at radius 2 is 1.81 bits per heavy atom. The lowest BCUT2D eigenvalue weighted by Crippen LogP contribution is -2.43. The molecule has 0 unspecified atom stereocenters. The molecular formula is C25H26N2O4. The number of rotatable bonds is 7. The normalized spacial score (nSPS) is 15.9. The van der Waals surface area contributed by atoms with Crippen molar-refractivity contribution in [3.63, 3.8) is 0 Å². The number of fused-ring (bicyclic) bond motifs is 1. The molecule has 3 aromatic carbocycles. The summed E-state index contributed by atoms with van der Waals surface area (Å²) in [5, 5.41) is 3.02. The Hall–Kier alpha value is -3.51. The van der Waals surface area contributed by atoms with Crippen LogP contribution in [0, 0.1) is 0 Å². The number of nitrogens with zero attached hydrogens (tertiary/aromatic N) is 1. The molecule has 0 fully saturated rings. The van der Waals surface area contributed by atoms with Crippen molar-refractivity contribution in [1.82, 2.24) is 4.90 Å². The first-order valence-corrected chi connectivity index (χ1v) is 10.2. The van der Waals surface area contributed by atoms with E-state index in [2.05, 4.69) is 5.32 Å². The molecule has 1 amide bonds. The lowest BCUT2D eigenvalue weighted by atomic mass is 10.0. The molecule has 0 saturated carbocycles. The summed E-state index contributed by atoms with van der Waals surface area (Å²) in [6, 6.07) is 24.2. The zero-order chi connectivity index (χ0) is 21.6. The highest BCUT2D eigenvalue weighted by Gasteiger charge is 2.30. The van der Waals surface area contributed by atoms with Gasteiger partial charge < -0.3 is 19.5 Å². The van der Waals surface area contributed by atoms with Gasteiger partial charge in [0.25, 0.3) is 0 Å². The van der Waals surface area contributed by atoms with Crippen LogP contribution in [0.4, 0.5) is 5.69 Å². The zero-order valence-electron chi connectivity index (χ0n) is 17.7. The highest BCUT2D eigenvalue weighted by atomic mass is 16.6. The van der Waals surface area contributed by atoms with E-state index >= 15 is 0 Å². The fourth-order valence-electron chi connectivity index (χ4n) is 3.73. The SMILES string of the molecule is COc1cccc(NC(=O)[C@@H](c2ccccc2)N(C)C[C@H]2COc3ccccc3O2)c1. The molecule has 3 aromatic rings. The molecule has 0 aromatic heterocycles. The van der Waals surface area contributed by atoms with E-state index in [1.54, 1.807) is 13.2 Å². The Labute approximate surface area is 182 Å². The van der Waals surface area contributed by atoms with Crippen molar-refractivity contribution in [2.75, 3.05) is 32.6 Å². The molecule has 1 heterocycles. The fourth-order valence-corrected chi connectivity index (χ4v) is 3.73. The van der Waals surface area contributed by atoms with E-state index in [0.29, 0.717) is 24.6 Å². The average Bonchev–Trinajstić information content (AvgIpc) is 2.80. The number of nitrogens with one attached hydrogen (secondary N) is 1. The molecule has 31 heavy (non-hydrogen) atoms. The molecule has 0 spiro atoms. The summed E-state index contributed by atoms with van der Waals surface area (Å²) in [5.41, 5.74) is 1.59. The van der Waals surface area contributed by atoms with Gasteiger partial charge in [-0.25, -0.2) is 0 Å². The minimum absolute atomic E-state index is 0.126. The Morgan fingerprint density at radius 3 is 2.58 bits per heavy atom. The maximum Gasteiger partial charge on any atom is 0.246 e. The van der Waals surface area contributed by atoms with Gasteiger partial charge in [0.2, 0.25) is 5.91 Å². The predicted octanol–water partition coefficient (Wildman–Crippen LogP) is 4.15. The van der Waals surface area contributed by atoms with E-state index in [4.69, 9.17) is 14.2 Å². The van der Waals surface area contributed by atoms with Crippen LogP contribution in [-0.2, 0) is 4.79 Å². The van der Waals surface area contributed by atoms with E-state index in [-0.39, 0.29) is 12.0 Å². The highest BCUT2D eigenvalue weighted by molar-refractivity contribution is 5.95. The maximum atomic E-state index is 13.3. The first-order chi connectivity index (χ1) is 15.1. The number of hydrogen-bond acceptors (Lipinski definition) is 5. The fraction of sp³-hybridized carbons (Fsp3) is 0.240. The molecular weight excluding hydrogens is 392 g/mol. The molecule has 0 bridgehead atoms. The van der Waals surface area contributed by atoms with Gasteiger partial charge in [-0.1, -0.05) is 48.5 Å². The Morgan fingerprint density at radius 1 is 1.06 bits per heavy atom. The van der Waals surface area contributed by atoms with Crippen LogP contribution in [0.1, 0.15) is 11.6 Å². The largest absolute Gasteiger partial charge is 0.497 e. The second-order valence-electron chi connectivity index (χ2n) is 7.47. The van der Waals surface area contributed by atoms with E-state index in [1.807, 2.05) is 84.7 Å². The number of hydrogen-bond donors (Lipinski definition) is 1. The van der Waals surface area contributed by atoms with Gasteiger partial charge in [0, 0.05) is 18.3 Å². The number of carbonyl (C=O) groups excluding carboxylic acids is 1. The predicted molar refractivity (Wildman–Crippen MR) is 120 cm³/mol. The minimum atomic E-state index is -0.492. The third kappa shape index (κ3) is 4.98. The van der Waals surface area contributed by atoms with Gasteiger partial charge in [-0.2, -0.15) is 0 Å². The van der Waals surface area contributed by atoms with Crippen LogP contribution in [0.25, 0.3) is 0 Å². The van der Waals surface area contributed by atoms with Gasteiger partial charge in [0.1, 0.15) is 24.5 Å². The molecule has 6 nitrogen and oxygen atoms in total. The number of amides is 1. The van der Waals surface area contributed by atoms with Crippen molar-refractivity contribution in [2.24, 2.45) is 0 Å². The van der Waals surface area contributed by atoms with Gasteiger partial charge in [0.05, 0.1) is 7.11 Å². The Kier molecular flexibility index (Phi) is 6.38. The first-order valence-electron chi connectivity index (χ1n) is 10.2. The van der Waals surface area contributed by atoms with Gasteiger partial charge in [-0.3, -0.25) is 9.69 Å². The topological polar surface area (TPSA) is 60.0 Å². The van der Waals surface area contributed by atoms with Crippen LogP contribution in [0.5, 0.6) is 17.2 Å². The van der Waals surface area contributed by atoms with Crippen LogP contribution in [0.2, 0.25) is 0 Å². The summed E-state index contributed by atoms with van der Waals surface area (Å²) in [5.74, 6) is 2.04. The number of benzene rings is 3. The highest BCUT2D eigenvalue weighted by Crippen LogP contribution is 2.32. The van der Waals surface area contributed by atoms with E-state index in [0.717, 1.165) is 17.1 Å². The number of carbonyl (C=O) groups is 1. The quantitative estimate of drug-likeness (QED) is 0.625. The minimum Gasteiger partial charge on any atom is -0.497 e. The van der Waals surface area contributed by atoms with Crippen LogP contribution >= 0.6 is 0 Å². The molecule has 1 aliphatic rings.